The Morgan fingerprint density at radius 3 is 2.53 bits per heavy atom. The van der Waals surface area contributed by atoms with Gasteiger partial charge in [0.15, 0.2) is 0 Å². The van der Waals surface area contributed by atoms with Crippen LogP contribution in [0.25, 0.3) is 0 Å². The monoisotopic (exact) mass is 408 g/mol. The van der Waals surface area contributed by atoms with Crippen molar-refractivity contribution in [2.24, 2.45) is 11.8 Å². The van der Waals surface area contributed by atoms with Crippen LogP contribution in [0, 0.1) is 11.8 Å². The third-order valence-electron chi connectivity index (χ3n) is 6.21. The number of nitrogens with one attached hydrogen (secondary N) is 1. The number of piperidine rings is 1. The molecule has 2 aliphatic rings. The van der Waals surface area contributed by atoms with Crippen molar-refractivity contribution in [1.29, 1.82) is 0 Å². The van der Waals surface area contributed by atoms with E-state index < -0.39 is 6.09 Å². The molecule has 1 aliphatic carbocycles. The first kappa shape index (κ1) is 20.3. The van der Waals surface area contributed by atoms with Crippen LogP contribution in [0.3, 0.4) is 0 Å². The first-order chi connectivity index (χ1) is 14.6. The number of rotatable bonds is 4. The Morgan fingerprint density at radius 2 is 1.77 bits per heavy atom. The summed E-state index contributed by atoms with van der Waals surface area (Å²) in [5.74, 6) is 2.29. The molecule has 1 saturated heterocycles. The van der Waals surface area contributed by atoms with Gasteiger partial charge in [0.2, 0.25) is 0 Å². The fourth-order valence-electron chi connectivity index (χ4n) is 4.64. The quantitative estimate of drug-likeness (QED) is 0.777. The average Bonchev–Trinajstić information content (AvgIpc) is 2.78. The minimum absolute atomic E-state index is 0.00529. The Labute approximate surface area is 177 Å². The first-order valence-corrected chi connectivity index (χ1v) is 10.6. The second-order valence-electron chi connectivity index (χ2n) is 8.09. The van der Waals surface area contributed by atoms with Gasteiger partial charge in [-0.05, 0) is 48.9 Å². The van der Waals surface area contributed by atoms with Crippen LogP contribution in [-0.4, -0.2) is 37.1 Å². The molecule has 0 spiro atoms. The summed E-state index contributed by atoms with van der Waals surface area (Å²) in [6.45, 7) is 1.63. The van der Waals surface area contributed by atoms with Crippen LogP contribution in [-0.2, 0) is 0 Å². The lowest BCUT2D eigenvalue weighted by Crippen LogP contribution is -2.44. The van der Waals surface area contributed by atoms with Crippen molar-refractivity contribution in [1.82, 2.24) is 4.90 Å². The summed E-state index contributed by atoms with van der Waals surface area (Å²) in [6, 6.07) is 13.9. The molecule has 1 saturated carbocycles. The van der Waals surface area contributed by atoms with E-state index in [-0.39, 0.29) is 5.91 Å². The molecule has 158 valence electrons. The van der Waals surface area contributed by atoms with Crippen LogP contribution in [0.4, 0.5) is 10.5 Å². The van der Waals surface area contributed by atoms with Crippen molar-refractivity contribution < 1.29 is 19.1 Å². The summed E-state index contributed by atoms with van der Waals surface area (Å²) in [4.78, 5) is 27.3. The summed E-state index contributed by atoms with van der Waals surface area (Å²) < 4.78 is 10.7. The smallest absolute Gasteiger partial charge is 0.417 e. The molecule has 2 amide bonds. The number of amides is 2. The zero-order valence-electron chi connectivity index (χ0n) is 17.3. The van der Waals surface area contributed by atoms with E-state index in [1.807, 2.05) is 11.0 Å². The second-order valence-corrected chi connectivity index (χ2v) is 8.09. The lowest BCUT2D eigenvalue weighted by molar-refractivity contribution is 0.0518. The zero-order valence-corrected chi connectivity index (χ0v) is 17.3. The van der Waals surface area contributed by atoms with Crippen molar-refractivity contribution in [3.8, 4) is 11.5 Å². The summed E-state index contributed by atoms with van der Waals surface area (Å²) in [7, 11) is 1.53. The lowest BCUT2D eigenvalue weighted by Gasteiger charge is -2.41. The first-order valence-electron chi connectivity index (χ1n) is 10.6. The summed E-state index contributed by atoms with van der Waals surface area (Å²) in [6.07, 6.45) is 5.61. The van der Waals surface area contributed by atoms with Gasteiger partial charge in [-0.2, -0.15) is 0 Å². The minimum Gasteiger partial charge on any atom is -0.496 e. The number of benzene rings is 2. The Hall–Kier alpha value is -3.02. The van der Waals surface area contributed by atoms with Crippen LogP contribution >= 0.6 is 0 Å². The van der Waals surface area contributed by atoms with Gasteiger partial charge in [0.05, 0.1) is 12.7 Å². The minimum atomic E-state index is -0.596. The molecule has 6 nitrogen and oxygen atoms in total. The van der Waals surface area contributed by atoms with E-state index in [2.05, 4.69) is 5.32 Å². The molecule has 30 heavy (non-hydrogen) atoms. The number of methoxy groups -OCH3 is 1. The second kappa shape index (κ2) is 9.20. The molecule has 0 bridgehead atoms. The highest BCUT2D eigenvalue weighted by molar-refractivity contribution is 5.98. The Morgan fingerprint density at radius 1 is 1.00 bits per heavy atom. The normalized spacial score (nSPS) is 20.8. The topological polar surface area (TPSA) is 67.9 Å². The number of hydrogen-bond acceptors (Lipinski definition) is 4. The molecular formula is C24H28N2O4. The van der Waals surface area contributed by atoms with Crippen molar-refractivity contribution in [3.05, 3.63) is 54.1 Å². The Bertz CT molecular complexity index is 899. The third-order valence-corrected chi connectivity index (χ3v) is 6.21. The van der Waals surface area contributed by atoms with Crippen molar-refractivity contribution in [2.75, 3.05) is 25.5 Å². The highest BCUT2D eigenvalue weighted by Crippen LogP contribution is 2.37. The summed E-state index contributed by atoms with van der Waals surface area (Å²) in [5.41, 5.74) is 1.03. The molecule has 4 rings (SSSR count). The van der Waals surface area contributed by atoms with Gasteiger partial charge in [0.1, 0.15) is 11.5 Å². The zero-order chi connectivity index (χ0) is 20.9. The molecule has 0 aromatic heterocycles. The Balaban J connectivity index is 1.43. The number of carbonyl (C=O) groups excluding carboxylic acids is 2. The SMILES string of the molecule is COc1cc(NC(=O)Oc2ccccc2)ccc1C(=O)N1CCC2CCCCC2C1. The van der Waals surface area contributed by atoms with Gasteiger partial charge in [0.25, 0.3) is 5.91 Å². The van der Waals surface area contributed by atoms with E-state index in [1.165, 1.54) is 32.8 Å². The molecule has 1 aliphatic heterocycles. The molecular weight excluding hydrogens is 380 g/mol. The highest BCUT2D eigenvalue weighted by atomic mass is 16.6. The number of fused-ring (bicyclic) bond motifs is 1. The molecule has 2 unspecified atom stereocenters. The molecule has 2 aromatic rings. The average molecular weight is 408 g/mol. The van der Waals surface area contributed by atoms with Gasteiger partial charge in [-0.15, -0.1) is 0 Å². The van der Waals surface area contributed by atoms with Gasteiger partial charge < -0.3 is 14.4 Å². The number of anilines is 1. The van der Waals surface area contributed by atoms with E-state index >= 15 is 0 Å². The third kappa shape index (κ3) is 4.58. The molecule has 2 atom stereocenters. The van der Waals surface area contributed by atoms with Crippen molar-refractivity contribution in [3.63, 3.8) is 0 Å². The maximum Gasteiger partial charge on any atom is 0.417 e. The number of hydrogen-bond donors (Lipinski definition) is 1. The molecule has 1 N–H and O–H groups in total. The number of carbonyl (C=O) groups is 2. The van der Waals surface area contributed by atoms with Crippen LogP contribution in [0.1, 0.15) is 42.5 Å². The molecule has 2 fully saturated rings. The number of para-hydroxylation sites is 1. The van der Waals surface area contributed by atoms with Crippen molar-refractivity contribution in [2.45, 2.75) is 32.1 Å². The molecule has 1 heterocycles. The molecule has 0 radical (unpaired) electrons. The van der Waals surface area contributed by atoms with E-state index in [1.54, 1.807) is 42.5 Å². The van der Waals surface area contributed by atoms with Gasteiger partial charge in [-0.3, -0.25) is 10.1 Å². The van der Waals surface area contributed by atoms with Gasteiger partial charge in [-0.1, -0.05) is 37.5 Å². The van der Waals surface area contributed by atoms with E-state index in [9.17, 15) is 9.59 Å². The number of nitrogens with zero attached hydrogens (tertiary/aromatic N) is 1. The van der Waals surface area contributed by atoms with Crippen LogP contribution in [0.5, 0.6) is 11.5 Å². The van der Waals surface area contributed by atoms with Gasteiger partial charge >= 0.3 is 6.09 Å². The van der Waals surface area contributed by atoms with E-state index in [4.69, 9.17) is 9.47 Å². The maximum atomic E-state index is 13.2. The standard InChI is InChI=1S/C24H28N2O4/c1-29-22-15-19(25-24(28)30-20-9-3-2-4-10-20)11-12-21(22)23(27)26-14-13-17-7-5-6-8-18(17)16-26/h2-4,9-12,15,17-18H,5-8,13-14,16H2,1H3,(H,25,28). The predicted octanol–water partition coefficient (Wildman–Crippen LogP) is 4.96. The van der Waals surface area contributed by atoms with Crippen LogP contribution in [0.15, 0.2) is 48.5 Å². The summed E-state index contributed by atoms with van der Waals surface area (Å²) in [5, 5.41) is 2.68. The summed E-state index contributed by atoms with van der Waals surface area (Å²) >= 11 is 0. The number of likely N-dealkylation sites (tertiary alicyclic amines) is 1. The highest BCUT2D eigenvalue weighted by Gasteiger charge is 2.33. The maximum absolute atomic E-state index is 13.2. The fraction of sp³-hybridized carbons (Fsp3) is 0.417. The van der Waals surface area contributed by atoms with Crippen LogP contribution < -0.4 is 14.8 Å². The van der Waals surface area contributed by atoms with Gasteiger partial charge in [-0.25, -0.2) is 4.79 Å². The largest absolute Gasteiger partial charge is 0.496 e. The van der Waals surface area contributed by atoms with E-state index in [0.717, 1.165) is 25.4 Å². The van der Waals surface area contributed by atoms with Crippen LogP contribution in [0.2, 0.25) is 0 Å². The van der Waals surface area contributed by atoms with Crippen molar-refractivity contribution >= 4 is 17.7 Å². The van der Waals surface area contributed by atoms with Gasteiger partial charge in [0, 0.05) is 24.8 Å². The lowest BCUT2D eigenvalue weighted by atomic mass is 9.75. The predicted molar refractivity (Wildman–Crippen MR) is 115 cm³/mol. The molecule has 2 aromatic carbocycles. The number of ether oxygens (including phenoxy) is 2. The fourth-order valence-corrected chi connectivity index (χ4v) is 4.64. The molecule has 6 heteroatoms. The Kier molecular flexibility index (Phi) is 6.21. The van der Waals surface area contributed by atoms with E-state index in [0.29, 0.717) is 28.7 Å².